The van der Waals surface area contributed by atoms with Gasteiger partial charge in [0.2, 0.25) is 0 Å². The predicted octanol–water partition coefficient (Wildman–Crippen LogP) is 2.12. The van der Waals surface area contributed by atoms with Gasteiger partial charge in [-0.3, -0.25) is 0 Å². The second-order valence-electron chi connectivity index (χ2n) is 4.06. The molecule has 0 bridgehead atoms. The van der Waals surface area contributed by atoms with E-state index in [0.717, 1.165) is 5.56 Å². The van der Waals surface area contributed by atoms with Gasteiger partial charge in [-0.1, -0.05) is 12.1 Å². The van der Waals surface area contributed by atoms with E-state index >= 15 is 0 Å². The van der Waals surface area contributed by atoms with E-state index < -0.39 is 6.03 Å². The van der Waals surface area contributed by atoms with Crippen LogP contribution in [0.3, 0.4) is 0 Å². The zero-order valence-electron chi connectivity index (χ0n) is 9.79. The molecule has 0 radical (unpaired) electrons. The van der Waals surface area contributed by atoms with Crippen molar-refractivity contribution in [2.45, 2.75) is 27.3 Å². The van der Waals surface area contributed by atoms with Crippen molar-refractivity contribution < 1.29 is 4.79 Å². The summed E-state index contributed by atoms with van der Waals surface area (Å²) in [6, 6.07) is 3.86. The summed E-state index contributed by atoms with van der Waals surface area (Å²) in [7, 11) is 1.71. The SMILES string of the molecule is Cc1cc(C)c(CN(C)C(N)=O)cc1C. The molecule has 0 aromatic heterocycles. The van der Waals surface area contributed by atoms with Crippen LogP contribution in [0.4, 0.5) is 4.79 Å². The third-order valence-electron chi connectivity index (χ3n) is 2.74. The highest BCUT2D eigenvalue weighted by Gasteiger charge is 2.07. The molecule has 0 saturated heterocycles. The van der Waals surface area contributed by atoms with Gasteiger partial charge in [0.15, 0.2) is 0 Å². The number of aryl methyl sites for hydroxylation is 3. The minimum atomic E-state index is -0.396. The fraction of sp³-hybridized carbons (Fsp3) is 0.417. The Morgan fingerprint density at radius 2 is 1.73 bits per heavy atom. The highest BCUT2D eigenvalue weighted by molar-refractivity contribution is 5.71. The first-order valence-electron chi connectivity index (χ1n) is 4.99. The number of nitrogens with zero attached hydrogens (tertiary/aromatic N) is 1. The smallest absolute Gasteiger partial charge is 0.314 e. The number of rotatable bonds is 2. The zero-order chi connectivity index (χ0) is 11.6. The first kappa shape index (κ1) is 11.6. The van der Waals surface area contributed by atoms with Gasteiger partial charge in [0.05, 0.1) is 0 Å². The van der Waals surface area contributed by atoms with Crippen LogP contribution < -0.4 is 5.73 Å². The number of primary amides is 1. The third kappa shape index (κ3) is 2.72. The van der Waals surface area contributed by atoms with E-state index in [9.17, 15) is 4.79 Å². The molecule has 0 spiro atoms. The summed E-state index contributed by atoms with van der Waals surface area (Å²) < 4.78 is 0. The van der Waals surface area contributed by atoms with E-state index in [1.54, 1.807) is 7.05 Å². The Morgan fingerprint density at radius 1 is 1.20 bits per heavy atom. The van der Waals surface area contributed by atoms with Gasteiger partial charge < -0.3 is 10.6 Å². The maximum absolute atomic E-state index is 10.9. The molecule has 0 atom stereocenters. The van der Waals surface area contributed by atoms with Gasteiger partial charge >= 0.3 is 6.03 Å². The maximum Gasteiger partial charge on any atom is 0.314 e. The van der Waals surface area contributed by atoms with Gasteiger partial charge in [-0.2, -0.15) is 0 Å². The summed E-state index contributed by atoms with van der Waals surface area (Å²) in [5, 5.41) is 0. The van der Waals surface area contributed by atoms with Crippen LogP contribution in [0, 0.1) is 20.8 Å². The molecule has 0 aliphatic heterocycles. The van der Waals surface area contributed by atoms with E-state index in [0.29, 0.717) is 6.54 Å². The lowest BCUT2D eigenvalue weighted by molar-refractivity contribution is 0.216. The second-order valence-corrected chi connectivity index (χ2v) is 4.06. The fourth-order valence-corrected chi connectivity index (χ4v) is 1.52. The number of nitrogens with two attached hydrogens (primary N) is 1. The van der Waals surface area contributed by atoms with E-state index in [1.807, 2.05) is 0 Å². The molecule has 1 aromatic carbocycles. The van der Waals surface area contributed by atoms with Gasteiger partial charge in [-0.05, 0) is 43.0 Å². The van der Waals surface area contributed by atoms with Crippen molar-refractivity contribution in [1.82, 2.24) is 4.90 Å². The summed E-state index contributed by atoms with van der Waals surface area (Å²) in [6.45, 7) is 6.78. The number of hydrogen-bond donors (Lipinski definition) is 1. The lowest BCUT2D eigenvalue weighted by atomic mass is 10.0. The molecule has 82 valence electrons. The molecule has 15 heavy (non-hydrogen) atoms. The summed E-state index contributed by atoms with van der Waals surface area (Å²) in [4.78, 5) is 12.4. The molecule has 3 nitrogen and oxygen atoms in total. The van der Waals surface area contributed by atoms with Crippen LogP contribution in [-0.2, 0) is 6.54 Å². The average Bonchev–Trinajstić information content (AvgIpc) is 2.13. The molecule has 3 heteroatoms. The summed E-state index contributed by atoms with van der Waals surface area (Å²) >= 11 is 0. The van der Waals surface area contributed by atoms with Crippen molar-refractivity contribution in [3.8, 4) is 0 Å². The quantitative estimate of drug-likeness (QED) is 0.791. The van der Waals surface area contributed by atoms with E-state index in [4.69, 9.17) is 5.73 Å². The molecule has 1 rings (SSSR count). The standard InChI is InChI=1S/C12H18N2O/c1-8-5-10(3)11(6-9(8)2)7-14(4)12(13)15/h5-6H,7H2,1-4H3,(H2,13,15). The summed E-state index contributed by atoms with van der Waals surface area (Å²) in [6.07, 6.45) is 0. The normalized spacial score (nSPS) is 10.1. The largest absolute Gasteiger partial charge is 0.351 e. The monoisotopic (exact) mass is 206 g/mol. The van der Waals surface area contributed by atoms with Crippen LogP contribution >= 0.6 is 0 Å². The number of amides is 2. The average molecular weight is 206 g/mol. The molecule has 0 fully saturated rings. The van der Waals surface area contributed by atoms with Crippen LogP contribution in [0.15, 0.2) is 12.1 Å². The van der Waals surface area contributed by atoms with Gasteiger partial charge in [-0.25, -0.2) is 4.79 Å². The molecule has 2 amide bonds. The Labute approximate surface area is 90.9 Å². The second kappa shape index (κ2) is 4.34. The number of carbonyl (C=O) groups excluding carboxylic acids is 1. The predicted molar refractivity (Wildman–Crippen MR) is 61.7 cm³/mol. The summed E-state index contributed by atoms with van der Waals surface area (Å²) in [5.41, 5.74) is 10.1. The Bertz CT molecular complexity index is 385. The molecule has 0 aliphatic carbocycles. The van der Waals surface area contributed by atoms with Crippen LogP contribution in [0.1, 0.15) is 22.3 Å². The number of carbonyl (C=O) groups is 1. The van der Waals surface area contributed by atoms with E-state index in [2.05, 4.69) is 32.9 Å². The molecule has 0 saturated carbocycles. The van der Waals surface area contributed by atoms with Gasteiger partial charge in [0.25, 0.3) is 0 Å². The lowest BCUT2D eigenvalue weighted by Crippen LogP contribution is -2.31. The van der Waals surface area contributed by atoms with Crippen molar-refractivity contribution in [3.63, 3.8) is 0 Å². The van der Waals surface area contributed by atoms with Crippen LogP contribution in [0.5, 0.6) is 0 Å². The molecular weight excluding hydrogens is 188 g/mol. The molecular formula is C12H18N2O. The third-order valence-corrected chi connectivity index (χ3v) is 2.74. The highest BCUT2D eigenvalue weighted by atomic mass is 16.2. The van der Waals surface area contributed by atoms with Crippen LogP contribution in [0.25, 0.3) is 0 Å². The van der Waals surface area contributed by atoms with E-state index in [1.165, 1.54) is 21.6 Å². The topological polar surface area (TPSA) is 46.3 Å². The first-order valence-corrected chi connectivity index (χ1v) is 4.99. The van der Waals surface area contributed by atoms with Crippen molar-refractivity contribution >= 4 is 6.03 Å². The Kier molecular flexibility index (Phi) is 3.35. The Hall–Kier alpha value is -1.51. The van der Waals surface area contributed by atoms with Crippen molar-refractivity contribution in [2.24, 2.45) is 5.73 Å². The molecule has 0 aliphatic rings. The summed E-state index contributed by atoms with van der Waals surface area (Å²) in [5.74, 6) is 0. The Morgan fingerprint density at radius 3 is 2.27 bits per heavy atom. The van der Waals surface area contributed by atoms with E-state index in [-0.39, 0.29) is 0 Å². The first-order chi connectivity index (χ1) is 6.91. The van der Waals surface area contributed by atoms with Crippen molar-refractivity contribution in [2.75, 3.05) is 7.05 Å². The zero-order valence-corrected chi connectivity index (χ0v) is 9.79. The number of hydrogen-bond acceptors (Lipinski definition) is 1. The Balaban J connectivity index is 2.95. The van der Waals surface area contributed by atoms with Crippen molar-refractivity contribution in [3.05, 3.63) is 34.4 Å². The molecule has 2 N–H and O–H groups in total. The molecule has 0 heterocycles. The number of benzene rings is 1. The van der Waals surface area contributed by atoms with Crippen molar-refractivity contribution in [1.29, 1.82) is 0 Å². The fourth-order valence-electron chi connectivity index (χ4n) is 1.52. The lowest BCUT2D eigenvalue weighted by Gasteiger charge is -2.17. The van der Waals surface area contributed by atoms with Crippen LogP contribution in [-0.4, -0.2) is 18.0 Å². The van der Waals surface area contributed by atoms with Crippen LogP contribution in [0.2, 0.25) is 0 Å². The maximum atomic E-state index is 10.9. The van der Waals surface area contributed by atoms with Gasteiger partial charge in [-0.15, -0.1) is 0 Å². The minimum absolute atomic E-state index is 0.396. The van der Waals surface area contributed by atoms with Gasteiger partial charge in [0.1, 0.15) is 0 Å². The highest BCUT2D eigenvalue weighted by Crippen LogP contribution is 2.16. The molecule has 1 aromatic rings. The minimum Gasteiger partial charge on any atom is -0.351 e. The molecule has 0 unspecified atom stereocenters. The number of urea groups is 1. The van der Waals surface area contributed by atoms with Gasteiger partial charge in [0, 0.05) is 13.6 Å².